The Bertz CT molecular complexity index is 532. The molecule has 1 aliphatic heterocycles. The zero-order valence-corrected chi connectivity index (χ0v) is 16.0. The third-order valence-electron chi connectivity index (χ3n) is 5.13. The number of methoxy groups -OCH3 is 1. The minimum Gasteiger partial charge on any atom is -0.497 e. The van der Waals surface area contributed by atoms with Crippen molar-refractivity contribution in [2.24, 2.45) is 0 Å². The second kappa shape index (κ2) is 10.4. The Morgan fingerprint density at radius 3 is 2.84 bits per heavy atom. The molecule has 0 N–H and O–H groups in total. The van der Waals surface area contributed by atoms with Crippen LogP contribution < -0.4 is 4.74 Å². The van der Waals surface area contributed by atoms with E-state index < -0.39 is 0 Å². The molecule has 0 radical (unpaired) electrons. The molecular formula is C21H33NO3. The summed E-state index contributed by atoms with van der Waals surface area (Å²) in [5, 5.41) is 0. The summed E-state index contributed by atoms with van der Waals surface area (Å²) < 4.78 is 11.2. The van der Waals surface area contributed by atoms with Crippen molar-refractivity contribution < 1.29 is 14.3 Å². The predicted octanol–water partition coefficient (Wildman–Crippen LogP) is 4.73. The summed E-state index contributed by atoms with van der Waals surface area (Å²) in [5.41, 5.74) is 1.03. The number of esters is 1. The van der Waals surface area contributed by atoms with Gasteiger partial charge in [-0.1, -0.05) is 38.3 Å². The lowest BCUT2D eigenvalue weighted by molar-refractivity contribution is -0.150. The third-order valence-corrected chi connectivity index (χ3v) is 5.13. The van der Waals surface area contributed by atoms with Gasteiger partial charge in [-0.15, -0.1) is 0 Å². The predicted molar refractivity (Wildman–Crippen MR) is 101 cm³/mol. The van der Waals surface area contributed by atoms with Crippen LogP contribution in [0.5, 0.6) is 5.75 Å². The lowest BCUT2D eigenvalue weighted by Crippen LogP contribution is -2.28. The molecule has 2 atom stereocenters. The van der Waals surface area contributed by atoms with Gasteiger partial charge < -0.3 is 14.4 Å². The first-order valence-electron chi connectivity index (χ1n) is 9.67. The van der Waals surface area contributed by atoms with Gasteiger partial charge in [0.1, 0.15) is 11.9 Å². The van der Waals surface area contributed by atoms with Crippen LogP contribution in [0.25, 0.3) is 0 Å². The van der Waals surface area contributed by atoms with Crippen LogP contribution in [0.2, 0.25) is 0 Å². The Hall–Kier alpha value is -1.55. The van der Waals surface area contributed by atoms with Gasteiger partial charge in [0.05, 0.1) is 7.11 Å². The van der Waals surface area contributed by atoms with Crippen LogP contribution in [0.15, 0.2) is 24.3 Å². The van der Waals surface area contributed by atoms with Gasteiger partial charge in [-0.2, -0.15) is 0 Å². The average molecular weight is 347 g/mol. The standard InChI is InChI=1S/C21H33NO3/c1-4-5-6-7-13-21(23)25-20(16-18-11-9-14-22(18)2)17-10-8-12-19(15-17)24-3/h8,10,12,15,18,20H,4-7,9,11,13-14,16H2,1-3H3. The van der Waals surface area contributed by atoms with Crippen LogP contribution in [0.3, 0.4) is 0 Å². The van der Waals surface area contributed by atoms with E-state index >= 15 is 0 Å². The quantitative estimate of drug-likeness (QED) is 0.453. The zero-order valence-electron chi connectivity index (χ0n) is 16.0. The zero-order chi connectivity index (χ0) is 18.1. The molecule has 1 fully saturated rings. The number of unbranched alkanes of at least 4 members (excludes halogenated alkanes) is 3. The van der Waals surface area contributed by atoms with E-state index in [0.29, 0.717) is 12.5 Å². The molecule has 4 heteroatoms. The molecule has 0 aliphatic carbocycles. The third kappa shape index (κ3) is 6.35. The number of rotatable bonds is 10. The van der Waals surface area contributed by atoms with Crippen molar-refractivity contribution in [3.8, 4) is 5.75 Å². The molecule has 25 heavy (non-hydrogen) atoms. The van der Waals surface area contributed by atoms with E-state index in [4.69, 9.17) is 9.47 Å². The second-order valence-electron chi connectivity index (χ2n) is 7.08. The van der Waals surface area contributed by atoms with E-state index in [1.54, 1.807) is 7.11 Å². The largest absolute Gasteiger partial charge is 0.497 e. The highest BCUT2D eigenvalue weighted by molar-refractivity contribution is 5.69. The van der Waals surface area contributed by atoms with Gasteiger partial charge in [0.15, 0.2) is 0 Å². The van der Waals surface area contributed by atoms with Gasteiger partial charge in [0.2, 0.25) is 0 Å². The summed E-state index contributed by atoms with van der Waals surface area (Å²) in [6.45, 7) is 3.30. The first-order chi connectivity index (χ1) is 12.1. The van der Waals surface area contributed by atoms with E-state index in [-0.39, 0.29) is 12.1 Å². The Kier molecular flexibility index (Phi) is 8.26. The van der Waals surface area contributed by atoms with Crippen molar-refractivity contribution in [3.05, 3.63) is 29.8 Å². The smallest absolute Gasteiger partial charge is 0.306 e. The van der Waals surface area contributed by atoms with E-state index in [2.05, 4.69) is 18.9 Å². The number of carbonyl (C=O) groups is 1. The topological polar surface area (TPSA) is 38.8 Å². The summed E-state index contributed by atoms with van der Waals surface area (Å²) in [6, 6.07) is 8.39. The first-order valence-corrected chi connectivity index (χ1v) is 9.67. The molecule has 2 unspecified atom stereocenters. The number of carbonyl (C=O) groups excluding carboxylic acids is 1. The molecule has 140 valence electrons. The fourth-order valence-corrected chi connectivity index (χ4v) is 3.53. The summed E-state index contributed by atoms with van der Waals surface area (Å²) in [6.07, 6.45) is 7.93. The number of hydrogen-bond acceptors (Lipinski definition) is 4. The van der Waals surface area contributed by atoms with Crippen molar-refractivity contribution >= 4 is 5.97 Å². The SMILES string of the molecule is CCCCCCC(=O)OC(CC1CCCN1C)c1cccc(OC)c1. The average Bonchev–Trinajstić information content (AvgIpc) is 3.03. The molecule has 0 aromatic heterocycles. The molecule has 1 aliphatic rings. The molecule has 1 aromatic carbocycles. The Morgan fingerprint density at radius 2 is 2.16 bits per heavy atom. The second-order valence-corrected chi connectivity index (χ2v) is 7.08. The highest BCUT2D eigenvalue weighted by atomic mass is 16.5. The van der Waals surface area contributed by atoms with Gasteiger partial charge in [0, 0.05) is 18.9 Å². The van der Waals surface area contributed by atoms with Crippen molar-refractivity contribution in [2.45, 2.75) is 70.4 Å². The van der Waals surface area contributed by atoms with Crippen molar-refractivity contribution in [3.63, 3.8) is 0 Å². The molecule has 0 bridgehead atoms. The normalized spacial score (nSPS) is 18.9. The van der Waals surface area contributed by atoms with Gasteiger partial charge in [-0.25, -0.2) is 0 Å². The maximum atomic E-state index is 12.3. The Labute approximate surface area is 152 Å². The number of hydrogen-bond donors (Lipinski definition) is 0. The lowest BCUT2D eigenvalue weighted by atomic mass is 10.00. The van der Waals surface area contributed by atoms with Crippen LogP contribution in [-0.2, 0) is 9.53 Å². The molecule has 2 rings (SSSR count). The maximum absolute atomic E-state index is 12.3. The highest BCUT2D eigenvalue weighted by Gasteiger charge is 2.27. The lowest BCUT2D eigenvalue weighted by Gasteiger charge is -2.26. The summed E-state index contributed by atoms with van der Waals surface area (Å²) in [4.78, 5) is 14.7. The van der Waals surface area contributed by atoms with E-state index in [1.807, 2.05) is 24.3 Å². The van der Waals surface area contributed by atoms with Gasteiger partial charge in [-0.05, 0) is 50.6 Å². The minimum absolute atomic E-state index is 0.0791. The summed E-state index contributed by atoms with van der Waals surface area (Å²) >= 11 is 0. The number of nitrogens with zero attached hydrogens (tertiary/aromatic N) is 1. The van der Waals surface area contributed by atoms with Gasteiger partial charge in [-0.3, -0.25) is 4.79 Å². The molecule has 1 aromatic rings. The highest BCUT2D eigenvalue weighted by Crippen LogP contribution is 2.31. The molecule has 4 nitrogen and oxygen atoms in total. The molecule has 0 saturated carbocycles. The number of benzene rings is 1. The number of likely N-dealkylation sites (tertiary alicyclic amines) is 1. The number of ether oxygens (including phenoxy) is 2. The molecular weight excluding hydrogens is 314 g/mol. The van der Waals surface area contributed by atoms with Crippen molar-refractivity contribution in [2.75, 3.05) is 20.7 Å². The van der Waals surface area contributed by atoms with Crippen LogP contribution >= 0.6 is 0 Å². The molecule has 0 amide bonds. The molecule has 1 heterocycles. The van der Waals surface area contributed by atoms with Crippen molar-refractivity contribution in [1.29, 1.82) is 0 Å². The maximum Gasteiger partial charge on any atom is 0.306 e. The fourth-order valence-electron chi connectivity index (χ4n) is 3.53. The van der Waals surface area contributed by atoms with E-state index in [1.165, 1.54) is 25.7 Å². The van der Waals surface area contributed by atoms with E-state index in [9.17, 15) is 4.79 Å². The van der Waals surface area contributed by atoms with Crippen LogP contribution in [-0.4, -0.2) is 37.6 Å². The van der Waals surface area contributed by atoms with Crippen LogP contribution in [0, 0.1) is 0 Å². The van der Waals surface area contributed by atoms with Crippen LogP contribution in [0.1, 0.15) is 70.0 Å². The fraction of sp³-hybridized carbons (Fsp3) is 0.667. The Morgan fingerprint density at radius 1 is 1.32 bits per heavy atom. The van der Waals surface area contributed by atoms with E-state index in [0.717, 1.165) is 37.1 Å². The summed E-state index contributed by atoms with van der Waals surface area (Å²) in [7, 11) is 3.82. The summed E-state index contributed by atoms with van der Waals surface area (Å²) in [5.74, 6) is 0.728. The van der Waals surface area contributed by atoms with Crippen molar-refractivity contribution in [1.82, 2.24) is 4.90 Å². The minimum atomic E-state index is -0.195. The monoisotopic (exact) mass is 347 g/mol. The Balaban J connectivity index is 2.01. The first kappa shape index (κ1) is 19.8. The molecule has 0 spiro atoms. The van der Waals surface area contributed by atoms with Gasteiger partial charge >= 0.3 is 5.97 Å². The van der Waals surface area contributed by atoms with Crippen LogP contribution in [0.4, 0.5) is 0 Å². The molecule has 1 saturated heterocycles. The van der Waals surface area contributed by atoms with Gasteiger partial charge in [0.25, 0.3) is 0 Å².